The van der Waals surface area contributed by atoms with Crippen LogP contribution in [0.15, 0.2) is 46.9 Å². The molecular formula is C16H12BrF3O. The van der Waals surface area contributed by atoms with Crippen molar-refractivity contribution in [2.24, 2.45) is 0 Å². The van der Waals surface area contributed by atoms with Crippen molar-refractivity contribution in [1.82, 2.24) is 0 Å². The number of hydrogen-bond acceptors (Lipinski definition) is 1. The molecule has 0 aliphatic heterocycles. The third-order valence-electron chi connectivity index (χ3n) is 3.04. The van der Waals surface area contributed by atoms with Gasteiger partial charge in [0.05, 0.1) is 5.56 Å². The maximum atomic E-state index is 12.8. The zero-order chi connectivity index (χ0) is 15.6. The quantitative estimate of drug-likeness (QED) is 0.690. The van der Waals surface area contributed by atoms with Crippen LogP contribution in [-0.2, 0) is 12.6 Å². The number of carbonyl (C=O) groups excluding carboxylic acids is 1. The lowest BCUT2D eigenvalue weighted by Gasteiger charge is -2.11. The predicted molar refractivity (Wildman–Crippen MR) is 78.4 cm³/mol. The minimum Gasteiger partial charge on any atom is -0.294 e. The summed E-state index contributed by atoms with van der Waals surface area (Å²) < 4.78 is 38.4. The normalized spacial score (nSPS) is 11.5. The predicted octanol–water partition coefficient (Wildman–Crippen LogP) is 5.20. The SMILES string of the molecule is Cc1cccc(CC(=O)c2ccc(Br)c(C(F)(F)F)c2)c1. The van der Waals surface area contributed by atoms with Gasteiger partial charge in [0.15, 0.2) is 5.78 Å². The fourth-order valence-corrected chi connectivity index (χ4v) is 2.50. The highest BCUT2D eigenvalue weighted by Crippen LogP contribution is 2.35. The first-order valence-corrected chi connectivity index (χ1v) is 7.02. The second-order valence-electron chi connectivity index (χ2n) is 4.78. The molecule has 2 rings (SSSR count). The van der Waals surface area contributed by atoms with Crippen molar-refractivity contribution in [3.63, 3.8) is 0 Å². The van der Waals surface area contributed by atoms with Crippen molar-refractivity contribution in [2.75, 3.05) is 0 Å². The van der Waals surface area contributed by atoms with Crippen molar-refractivity contribution < 1.29 is 18.0 Å². The third kappa shape index (κ3) is 3.94. The lowest BCUT2D eigenvalue weighted by molar-refractivity contribution is -0.138. The summed E-state index contributed by atoms with van der Waals surface area (Å²) >= 11 is 2.86. The zero-order valence-electron chi connectivity index (χ0n) is 11.2. The van der Waals surface area contributed by atoms with Crippen LogP contribution >= 0.6 is 15.9 Å². The molecular weight excluding hydrogens is 345 g/mol. The number of aryl methyl sites for hydroxylation is 1. The van der Waals surface area contributed by atoms with E-state index < -0.39 is 11.7 Å². The van der Waals surface area contributed by atoms with Gasteiger partial charge in [-0.15, -0.1) is 0 Å². The maximum absolute atomic E-state index is 12.8. The number of ketones is 1. The van der Waals surface area contributed by atoms with E-state index in [1.165, 1.54) is 12.1 Å². The first-order chi connectivity index (χ1) is 9.77. The van der Waals surface area contributed by atoms with Gasteiger partial charge >= 0.3 is 6.18 Å². The molecule has 0 saturated heterocycles. The van der Waals surface area contributed by atoms with E-state index in [-0.39, 0.29) is 22.2 Å². The van der Waals surface area contributed by atoms with Crippen LogP contribution in [-0.4, -0.2) is 5.78 Å². The Morgan fingerprint density at radius 2 is 1.86 bits per heavy atom. The Kier molecular flexibility index (Phi) is 4.52. The number of hydrogen-bond donors (Lipinski definition) is 0. The van der Waals surface area contributed by atoms with E-state index in [9.17, 15) is 18.0 Å². The van der Waals surface area contributed by atoms with Crippen molar-refractivity contribution in [1.29, 1.82) is 0 Å². The molecule has 0 spiro atoms. The van der Waals surface area contributed by atoms with Crippen LogP contribution in [0.2, 0.25) is 0 Å². The van der Waals surface area contributed by atoms with Gasteiger partial charge in [0.25, 0.3) is 0 Å². The number of Topliss-reactive ketones (excluding diaryl/α,β-unsaturated/α-hetero) is 1. The van der Waals surface area contributed by atoms with Crippen LogP contribution in [0, 0.1) is 6.92 Å². The molecule has 1 nitrogen and oxygen atoms in total. The summed E-state index contributed by atoms with van der Waals surface area (Å²) in [6.45, 7) is 1.90. The molecule has 0 bridgehead atoms. The summed E-state index contributed by atoms with van der Waals surface area (Å²) in [6.07, 6.45) is -4.40. The molecule has 0 radical (unpaired) electrons. The first kappa shape index (κ1) is 15.8. The summed E-state index contributed by atoms with van der Waals surface area (Å²) in [4.78, 5) is 12.1. The fraction of sp³-hybridized carbons (Fsp3) is 0.188. The summed E-state index contributed by atoms with van der Waals surface area (Å²) in [6, 6.07) is 10.9. The van der Waals surface area contributed by atoms with Crippen molar-refractivity contribution in [2.45, 2.75) is 19.5 Å². The maximum Gasteiger partial charge on any atom is 0.417 e. The van der Waals surface area contributed by atoms with Crippen LogP contribution < -0.4 is 0 Å². The monoisotopic (exact) mass is 356 g/mol. The van der Waals surface area contributed by atoms with Gasteiger partial charge in [-0.3, -0.25) is 4.79 Å². The largest absolute Gasteiger partial charge is 0.417 e. The van der Waals surface area contributed by atoms with Gasteiger partial charge in [0, 0.05) is 16.5 Å². The molecule has 2 aromatic rings. The molecule has 0 fully saturated rings. The molecule has 110 valence electrons. The van der Waals surface area contributed by atoms with E-state index >= 15 is 0 Å². The Bertz CT molecular complexity index is 677. The highest BCUT2D eigenvalue weighted by atomic mass is 79.9. The summed E-state index contributed by atoms with van der Waals surface area (Å²) in [5.74, 6) is -0.335. The highest BCUT2D eigenvalue weighted by Gasteiger charge is 2.33. The smallest absolute Gasteiger partial charge is 0.294 e. The highest BCUT2D eigenvalue weighted by molar-refractivity contribution is 9.10. The Morgan fingerprint density at radius 3 is 2.48 bits per heavy atom. The number of rotatable bonds is 3. The number of halogens is 4. The van der Waals surface area contributed by atoms with Crippen LogP contribution in [0.25, 0.3) is 0 Å². The minimum absolute atomic E-state index is 0.0621. The summed E-state index contributed by atoms with van der Waals surface area (Å²) in [7, 11) is 0. The standard InChI is InChI=1S/C16H12BrF3O/c1-10-3-2-4-11(7-10)8-15(21)12-5-6-14(17)13(9-12)16(18,19)20/h2-7,9H,8H2,1H3. The molecule has 0 N–H and O–H groups in total. The lowest BCUT2D eigenvalue weighted by atomic mass is 10.00. The molecule has 0 saturated carbocycles. The van der Waals surface area contributed by atoms with Gasteiger partial charge in [-0.25, -0.2) is 0 Å². The summed E-state index contributed by atoms with van der Waals surface area (Å²) in [5, 5.41) is 0. The Balaban J connectivity index is 2.28. The fourth-order valence-electron chi connectivity index (χ4n) is 2.03. The van der Waals surface area contributed by atoms with Gasteiger partial charge in [-0.2, -0.15) is 13.2 Å². The molecule has 0 aromatic heterocycles. The molecule has 21 heavy (non-hydrogen) atoms. The zero-order valence-corrected chi connectivity index (χ0v) is 12.8. The Morgan fingerprint density at radius 1 is 1.14 bits per heavy atom. The molecule has 0 aliphatic rings. The molecule has 5 heteroatoms. The van der Waals surface area contributed by atoms with Crippen LogP contribution in [0.5, 0.6) is 0 Å². The second kappa shape index (κ2) is 6.02. The lowest BCUT2D eigenvalue weighted by Crippen LogP contribution is -2.10. The van der Waals surface area contributed by atoms with Gasteiger partial charge < -0.3 is 0 Å². The van der Waals surface area contributed by atoms with E-state index in [2.05, 4.69) is 15.9 Å². The second-order valence-corrected chi connectivity index (χ2v) is 5.64. The van der Waals surface area contributed by atoms with Crippen LogP contribution in [0.4, 0.5) is 13.2 Å². The number of alkyl halides is 3. The average Bonchev–Trinajstić information content (AvgIpc) is 2.37. The van der Waals surface area contributed by atoms with Crippen molar-refractivity contribution in [3.8, 4) is 0 Å². The average molecular weight is 357 g/mol. The van der Waals surface area contributed by atoms with E-state index in [0.29, 0.717) is 0 Å². The molecule has 0 heterocycles. The third-order valence-corrected chi connectivity index (χ3v) is 3.73. The van der Waals surface area contributed by atoms with Crippen molar-refractivity contribution >= 4 is 21.7 Å². The molecule has 0 aliphatic carbocycles. The molecule has 0 atom stereocenters. The molecule has 2 aromatic carbocycles. The molecule has 0 unspecified atom stereocenters. The topological polar surface area (TPSA) is 17.1 Å². The van der Waals surface area contributed by atoms with Gasteiger partial charge in [0.2, 0.25) is 0 Å². The number of carbonyl (C=O) groups is 1. The molecule has 0 amide bonds. The van der Waals surface area contributed by atoms with Crippen molar-refractivity contribution in [3.05, 3.63) is 69.2 Å². The first-order valence-electron chi connectivity index (χ1n) is 6.23. The minimum atomic E-state index is -4.49. The Hall–Kier alpha value is -1.62. The van der Waals surface area contributed by atoms with Gasteiger partial charge in [0.1, 0.15) is 0 Å². The van der Waals surface area contributed by atoms with E-state index in [1.807, 2.05) is 25.1 Å². The van der Waals surface area contributed by atoms with Crippen LogP contribution in [0.1, 0.15) is 27.0 Å². The van der Waals surface area contributed by atoms with Gasteiger partial charge in [-0.1, -0.05) is 51.8 Å². The Labute approximate surface area is 128 Å². The van der Waals surface area contributed by atoms with E-state index in [1.54, 1.807) is 6.07 Å². The van der Waals surface area contributed by atoms with E-state index in [0.717, 1.165) is 17.2 Å². The van der Waals surface area contributed by atoms with E-state index in [4.69, 9.17) is 0 Å². The summed E-state index contributed by atoms with van der Waals surface area (Å²) in [5.41, 5.74) is 1.02. The van der Waals surface area contributed by atoms with Gasteiger partial charge in [-0.05, 0) is 24.6 Å². The van der Waals surface area contributed by atoms with Crippen LogP contribution in [0.3, 0.4) is 0 Å². The number of benzene rings is 2.